The van der Waals surface area contributed by atoms with Crippen molar-refractivity contribution in [2.45, 2.75) is 44.8 Å². The van der Waals surface area contributed by atoms with Gasteiger partial charge in [0.15, 0.2) is 0 Å². The van der Waals surface area contributed by atoms with E-state index >= 15 is 0 Å². The summed E-state index contributed by atoms with van der Waals surface area (Å²) in [5.41, 5.74) is 2.22. The topological polar surface area (TPSA) is 15.3 Å². The molecule has 0 saturated carbocycles. The van der Waals surface area contributed by atoms with Crippen LogP contribution in [0.1, 0.15) is 49.8 Å². The van der Waals surface area contributed by atoms with Crippen molar-refractivity contribution < 1.29 is 13.2 Å². The van der Waals surface area contributed by atoms with E-state index in [2.05, 4.69) is 24.1 Å². The lowest BCUT2D eigenvalue weighted by atomic mass is 9.95. The van der Waals surface area contributed by atoms with Crippen LogP contribution in [-0.4, -0.2) is 37.3 Å². The second kappa shape index (κ2) is 7.47. The molecule has 0 bridgehead atoms. The first-order valence-corrected chi connectivity index (χ1v) is 7.98. The number of rotatable bonds is 5. The molecule has 0 aromatic heterocycles. The van der Waals surface area contributed by atoms with E-state index in [1.54, 1.807) is 0 Å². The molecule has 0 spiro atoms. The Bertz CT molecular complexity index is 448. The van der Waals surface area contributed by atoms with Gasteiger partial charge in [0, 0.05) is 38.6 Å². The number of alkyl halides is 3. The summed E-state index contributed by atoms with van der Waals surface area (Å²) in [6.07, 6.45) is -4.69. The van der Waals surface area contributed by atoms with Crippen molar-refractivity contribution in [3.8, 4) is 0 Å². The summed E-state index contributed by atoms with van der Waals surface area (Å²) < 4.78 is 37.9. The van der Waals surface area contributed by atoms with E-state index in [-0.39, 0.29) is 12.5 Å². The molecule has 1 aliphatic heterocycles. The zero-order valence-electron chi connectivity index (χ0n) is 13.3. The molecule has 5 heteroatoms. The van der Waals surface area contributed by atoms with Crippen molar-refractivity contribution in [3.63, 3.8) is 0 Å². The summed E-state index contributed by atoms with van der Waals surface area (Å²) in [7, 11) is 0. The van der Waals surface area contributed by atoms with E-state index in [1.807, 2.05) is 24.3 Å². The van der Waals surface area contributed by atoms with Crippen LogP contribution in [0.25, 0.3) is 0 Å². The van der Waals surface area contributed by atoms with Crippen LogP contribution in [0.4, 0.5) is 13.2 Å². The van der Waals surface area contributed by atoms with Gasteiger partial charge in [-0.25, -0.2) is 0 Å². The molecule has 2 nitrogen and oxygen atoms in total. The fourth-order valence-corrected chi connectivity index (χ4v) is 2.96. The molecule has 0 aliphatic carbocycles. The molecule has 1 N–H and O–H groups in total. The minimum absolute atomic E-state index is 0.129. The van der Waals surface area contributed by atoms with E-state index in [0.717, 1.165) is 31.7 Å². The molecule has 1 saturated heterocycles. The highest BCUT2D eigenvalue weighted by atomic mass is 19.4. The number of halogens is 3. The van der Waals surface area contributed by atoms with Crippen LogP contribution in [0.2, 0.25) is 0 Å². The predicted octanol–water partition coefficient (Wildman–Crippen LogP) is 4.10. The van der Waals surface area contributed by atoms with Gasteiger partial charge in [0.2, 0.25) is 0 Å². The zero-order valence-corrected chi connectivity index (χ0v) is 13.3. The van der Waals surface area contributed by atoms with Crippen molar-refractivity contribution >= 4 is 0 Å². The minimum atomic E-state index is -4.09. The predicted molar refractivity (Wildman–Crippen MR) is 83.0 cm³/mol. The molecule has 124 valence electrons. The van der Waals surface area contributed by atoms with Gasteiger partial charge in [0.25, 0.3) is 0 Å². The molecule has 2 rings (SSSR count). The maximum absolute atomic E-state index is 12.6. The van der Waals surface area contributed by atoms with Crippen LogP contribution in [0, 0.1) is 0 Å². The lowest BCUT2D eigenvalue weighted by Gasteiger charge is -2.35. The first-order valence-electron chi connectivity index (χ1n) is 7.98. The molecule has 1 aromatic rings. The number of piperazine rings is 1. The van der Waals surface area contributed by atoms with Crippen LogP contribution in [0.3, 0.4) is 0 Å². The van der Waals surface area contributed by atoms with Gasteiger partial charge in [-0.2, -0.15) is 13.2 Å². The third-order valence-electron chi connectivity index (χ3n) is 4.28. The normalized spacial score (nSPS) is 18.6. The monoisotopic (exact) mass is 314 g/mol. The van der Waals surface area contributed by atoms with Gasteiger partial charge in [-0.1, -0.05) is 38.1 Å². The first-order chi connectivity index (χ1) is 10.4. The number of benzene rings is 1. The summed E-state index contributed by atoms with van der Waals surface area (Å²) in [5.74, 6) is 0.432. The first kappa shape index (κ1) is 17.3. The van der Waals surface area contributed by atoms with Crippen LogP contribution >= 0.6 is 0 Å². The smallest absolute Gasteiger partial charge is 0.314 e. The molecule has 1 fully saturated rings. The van der Waals surface area contributed by atoms with Crippen LogP contribution in [0.5, 0.6) is 0 Å². The highest BCUT2D eigenvalue weighted by molar-refractivity contribution is 5.27. The van der Waals surface area contributed by atoms with Crippen molar-refractivity contribution in [2.75, 3.05) is 26.2 Å². The molecule has 0 amide bonds. The van der Waals surface area contributed by atoms with Crippen LogP contribution in [-0.2, 0) is 0 Å². The number of hydrogen-bond acceptors (Lipinski definition) is 2. The average molecular weight is 314 g/mol. The molecule has 1 aliphatic rings. The van der Waals surface area contributed by atoms with Crippen LogP contribution in [0.15, 0.2) is 24.3 Å². The Balaban J connectivity index is 2.14. The fraction of sp³-hybridized carbons (Fsp3) is 0.647. The minimum Gasteiger partial charge on any atom is -0.314 e. The molecular formula is C17H25F3N2. The Morgan fingerprint density at radius 1 is 1.05 bits per heavy atom. The molecule has 1 heterocycles. The summed E-state index contributed by atoms with van der Waals surface area (Å²) in [6, 6.07) is 7.94. The number of nitrogens with zero attached hydrogens (tertiary/aromatic N) is 1. The fourth-order valence-electron chi connectivity index (χ4n) is 2.96. The van der Waals surface area contributed by atoms with E-state index in [1.165, 1.54) is 5.56 Å². The average Bonchev–Trinajstić information content (AvgIpc) is 2.48. The third kappa shape index (κ3) is 4.99. The maximum atomic E-state index is 12.6. The molecular weight excluding hydrogens is 289 g/mol. The number of hydrogen-bond donors (Lipinski definition) is 1. The Hall–Kier alpha value is -1.07. The number of nitrogens with one attached hydrogen (secondary N) is 1. The SMILES string of the molecule is CC(C)c1ccc([C@H](CCC(F)(F)F)N2CCNCC2)cc1. The Morgan fingerprint density at radius 2 is 1.59 bits per heavy atom. The quantitative estimate of drug-likeness (QED) is 0.880. The summed E-state index contributed by atoms with van der Waals surface area (Å²) in [5, 5.41) is 3.25. The van der Waals surface area contributed by atoms with Crippen molar-refractivity contribution in [1.29, 1.82) is 0 Å². The van der Waals surface area contributed by atoms with Gasteiger partial charge in [0.1, 0.15) is 0 Å². The molecule has 1 aromatic carbocycles. The summed E-state index contributed by atoms with van der Waals surface area (Å²) in [4.78, 5) is 2.17. The highest BCUT2D eigenvalue weighted by Crippen LogP contribution is 2.32. The lowest BCUT2D eigenvalue weighted by molar-refractivity contribution is -0.138. The highest BCUT2D eigenvalue weighted by Gasteiger charge is 2.31. The zero-order chi connectivity index (χ0) is 16.2. The molecule has 1 atom stereocenters. The molecule has 0 unspecified atom stereocenters. The Morgan fingerprint density at radius 3 is 2.09 bits per heavy atom. The standard InChI is InChI=1S/C17H25F3N2/c1-13(2)14-3-5-15(6-4-14)16(7-8-17(18,19)20)22-11-9-21-10-12-22/h3-6,13,16,21H,7-12H2,1-2H3/t16-/m0/s1. The van der Waals surface area contributed by atoms with Gasteiger partial charge in [-0.05, 0) is 23.5 Å². The van der Waals surface area contributed by atoms with Gasteiger partial charge >= 0.3 is 6.18 Å². The van der Waals surface area contributed by atoms with Crippen molar-refractivity contribution in [1.82, 2.24) is 10.2 Å². The lowest BCUT2D eigenvalue weighted by Crippen LogP contribution is -2.45. The molecule has 22 heavy (non-hydrogen) atoms. The Labute approximate surface area is 130 Å². The van der Waals surface area contributed by atoms with E-state index < -0.39 is 12.6 Å². The van der Waals surface area contributed by atoms with Gasteiger partial charge in [-0.15, -0.1) is 0 Å². The largest absolute Gasteiger partial charge is 0.389 e. The van der Waals surface area contributed by atoms with E-state index in [0.29, 0.717) is 5.92 Å². The van der Waals surface area contributed by atoms with Crippen molar-refractivity contribution in [2.24, 2.45) is 0 Å². The second-order valence-corrected chi connectivity index (χ2v) is 6.28. The maximum Gasteiger partial charge on any atom is 0.389 e. The summed E-state index contributed by atoms with van der Waals surface area (Å²) >= 11 is 0. The van der Waals surface area contributed by atoms with E-state index in [9.17, 15) is 13.2 Å². The summed E-state index contributed by atoms with van der Waals surface area (Å²) in [6.45, 7) is 7.51. The third-order valence-corrected chi connectivity index (χ3v) is 4.28. The van der Waals surface area contributed by atoms with Gasteiger partial charge < -0.3 is 5.32 Å². The van der Waals surface area contributed by atoms with Crippen molar-refractivity contribution in [3.05, 3.63) is 35.4 Å². The van der Waals surface area contributed by atoms with Gasteiger partial charge in [0.05, 0.1) is 0 Å². The molecule has 0 radical (unpaired) electrons. The van der Waals surface area contributed by atoms with E-state index in [4.69, 9.17) is 0 Å². The van der Waals surface area contributed by atoms with Gasteiger partial charge in [-0.3, -0.25) is 4.90 Å². The van der Waals surface area contributed by atoms with Crippen LogP contribution < -0.4 is 5.32 Å². The Kier molecular flexibility index (Phi) is 5.87. The second-order valence-electron chi connectivity index (χ2n) is 6.28.